The Morgan fingerprint density at radius 3 is 2.63 bits per heavy atom. The van der Waals surface area contributed by atoms with Gasteiger partial charge < -0.3 is 14.0 Å². The summed E-state index contributed by atoms with van der Waals surface area (Å²) < 4.78 is 13.5. The molecule has 0 unspecified atom stereocenters. The molecule has 0 aliphatic carbocycles. The zero-order valence-electron chi connectivity index (χ0n) is 17.6. The Morgan fingerprint density at radius 2 is 1.87 bits per heavy atom. The fourth-order valence-corrected chi connectivity index (χ4v) is 3.73. The van der Waals surface area contributed by atoms with Gasteiger partial charge in [0.05, 0.1) is 6.21 Å². The summed E-state index contributed by atoms with van der Waals surface area (Å²) in [5.74, 6) is 0.859. The maximum Gasteiger partial charge on any atom is 0.284 e. The molecule has 0 radical (unpaired) electrons. The number of aromatic nitrogens is 1. The van der Waals surface area contributed by atoms with Crippen LogP contribution >= 0.6 is 0 Å². The number of nitrogens with one attached hydrogen (secondary N) is 1. The predicted octanol–water partition coefficient (Wildman–Crippen LogP) is 4.00. The number of hydrogen-bond donors (Lipinski definition) is 1. The van der Waals surface area contributed by atoms with Crippen molar-refractivity contribution in [1.29, 1.82) is 0 Å². The van der Waals surface area contributed by atoms with Crippen LogP contribution in [0.15, 0.2) is 53.6 Å². The number of ether oxygens (including phenoxy) is 2. The molecular weight excluding hydrogens is 378 g/mol. The average molecular weight is 403 g/mol. The van der Waals surface area contributed by atoms with Gasteiger partial charge in [0, 0.05) is 22.6 Å². The Labute approximate surface area is 176 Å². The summed E-state index contributed by atoms with van der Waals surface area (Å²) in [6, 6.07) is 15.8. The fraction of sp³-hybridized carbons (Fsp3) is 0.250. The zero-order chi connectivity index (χ0) is 21.3. The molecule has 0 bridgehead atoms. The van der Waals surface area contributed by atoms with E-state index >= 15 is 0 Å². The van der Waals surface area contributed by atoms with Gasteiger partial charge in [-0.25, -0.2) is 5.43 Å². The van der Waals surface area contributed by atoms with E-state index in [0.29, 0.717) is 11.5 Å². The Balaban J connectivity index is 1.47. The number of benzene rings is 2. The fourth-order valence-electron chi connectivity index (χ4n) is 3.73. The maximum absolute atomic E-state index is 12.4. The van der Waals surface area contributed by atoms with Crippen LogP contribution in [0.25, 0.3) is 5.69 Å². The van der Waals surface area contributed by atoms with Gasteiger partial charge in [-0.1, -0.05) is 29.8 Å². The number of hydrogen-bond acceptors (Lipinski definition) is 4. The van der Waals surface area contributed by atoms with Crippen molar-refractivity contribution in [3.8, 4) is 17.2 Å². The van der Waals surface area contributed by atoms with Gasteiger partial charge in [0.15, 0.2) is 11.5 Å². The highest BCUT2D eigenvalue weighted by atomic mass is 16.6. The van der Waals surface area contributed by atoms with Crippen LogP contribution in [0.1, 0.15) is 28.1 Å². The molecular formula is C24H25N3O3. The second kappa shape index (κ2) is 8.06. The molecule has 0 saturated carbocycles. The van der Waals surface area contributed by atoms with E-state index in [2.05, 4.69) is 60.1 Å². The van der Waals surface area contributed by atoms with E-state index in [1.165, 1.54) is 11.1 Å². The smallest absolute Gasteiger partial charge is 0.284 e. The average Bonchev–Trinajstić information content (AvgIpc) is 3.01. The van der Waals surface area contributed by atoms with Gasteiger partial charge >= 0.3 is 0 Å². The van der Waals surface area contributed by atoms with E-state index in [1.807, 2.05) is 25.1 Å². The van der Waals surface area contributed by atoms with E-state index in [9.17, 15) is 4.79 Å². The lowest BCUT2D eigenvalue weighted by Crippen LogP contribution is -2.42. The molecule has 1 aliphatic heterocycles. The van der Waals surface area contributed by atoms with Gasteiger partial charge in [-0.3, -0.25) is 4.79 Å². The zero-order valence-corrected chi connectivity index (χ0v) is 17.6. The third kappa shape index (κ3) is 3.81. The number of rotatable bonds is 4. The first-order chi connectivity index (χ1) is 14.4. The molecule has 2 heterocycles. The van der Waals surface area contributed by atoms with Crippen LogP contribution < -0.4 is 14.9 Å². The second-order valence-corrected chi connectivity index (χ2v) is 7.55. The SMILES string of the molecule is Cc1ccc(-n2c(C)cc(/C=N\NC(=O)[C@@H]3COc4ccccc4O3)c2C)c(C)c1. The van der Waals surface area contributed by atoms with Gasteiger partial charge in [0.2, 0.25) is 6.10 Å². The first kappa shape index (κ1) is 19.8. The monoisotopic (exact) mass is 403 g/mol. The van der Waals surface area contributed by atoms with Crippen LogP contribution in [0.3, 0.4) is 0 Å². The van der Waals surface area contributed by atoms with Gasteiger partial charge in [-0.05, 0) is 57.5 Å². The largest absolute Gasteiger partial charge is 0.485 e. The predicted molar refractivity (Wildman–Crippen MR) is 117 cm³/mol. The first-order valence-corrected chi connectivity index (χ1v) is 9.92. The molecule has 4 rings (SSSR count). The van der Waals surface area contributed by atoms with E-state index in [4.69, 9.17) is 9.47 Å². The minimum absolute atomic E-state index is 0.152. The molecule has 0 saturated heterocycles. The molecule has 30 heavy (non-hydrogen) atoms. The Bertz CT molecular complexity index is 1130. The van der Waals surface area contributed by atoms with Gasteiger partial charge in [-0.2, -0.15) is 5.10 Å². The topological polar surface area (TPSA) is 64.9 Å². The number of carbonyl (C=O) groups excluding carboxylic acids is 1. The minimum atomic E-state index is -0.736. The van der Waals surface area contributed by atoms with Crippen LogP contribution in [0.2, 0.25) is 0 Å². The van der Waals surface area contributed by atoms with Crippen LogP contribution in [0, 0.1) is 27.7 Å². The quantitative estimate of drug-likeness (QED) is 0.529. The van der Waals surface area contributed by atoms with Crippen molar-refractivity contribution in [2.24, 2.45) is 5.10 Å². The molecule has 1 atom stereocenters. The maximum atomic E-state index is 12.4. The van der Waals surface area contributed by atoms with E-state index in [1.54, 1.807) is 12.3 Å². The summed E-state index contributed by atoms with van der Waals surface area (Å²) in [5.41, 5.74) is 9.26. The van der Waals surface area contributed by atoms with Crippen molar-refractivity contribution in [3.63, 3.8) is 0 Å². The van der Waals surface area contributed by atoms with Crippen molar-refractivity contribution in [1.82, 2.24) is 9.99 Å². The van der Waals surface area contributed by atoms with Crippen molar-refractivity contribution in [2.45, 2.75) is 33.8 Å². The summed E-state index contributed by atoms with van der Waals surface area (Å²) in [7, 11) is 0. The molecule has 0 spiro atoms. The molecule has 154 valence electrons. The minimum Gasteiger partial charge on any atom is -0.485 e. The first-order valence-electron chi connectivity index (χ1n) is 9.92. The van der Waals surface area contributed by atoms with Crippen LogP contribution in [0.5, 0.6) is 11.5 Å². The third-order valence-corrected chi connectivity index (χ3v) is 5.24. The number of para-hydroxylation sites is 2. The number of aryl methyl sites for hydroxylation is 3. The standard InChI is InChI=1S/C24H25N3O3/c1-15-9-10-20(16(2)11-15)27-17(3)12-19(18(27)4)13-25-26-24(28)23-14-29-21-7-5-6-8-22(21)30-23/h5-13,23H,14H2,1-4H3,(H,26,28)/b25-13-/t23-/m0/s1. The van der Waals surface area contributed by atoms with Crippen molar-refractivity contribution >= 4 is 12.1 Å². The third-order valence-electron chi connectivity index (χ3n) is 5.24. The molecule has 1 aliphatic rings. The molecule has 1 aromatic heterocycles. The van der Waals surface area contributed by atoms with Crippen molar-refractivity contribution in [2.75, 3.05) is 6.61 Å². The molecule has 1 N–H and O–H groups in total. The molecule has 6 nitrogen and oxygen atoms in total. The number of nitrogens with zero attached hydrogens (tertiary/aromatic N) is 2. The number of fused-ring (bicyclic) bond motifs is 1. The Hall–Kier alpha value is -3.54. The molecule has 0 fully saturated rings. The number of hydrazone groups is 1. The van der Waals surface area contributed by atoms with Crippen molar-refractivity contribution in [3.05, 3.63) is 76.6 Å². The summed E-state index contributed by atoms with van der Waals surface area (Å²) in [6.45, 7) is 8.46. The highest BCUT2D eigenvalue weighted by molar-refractivity contribution is 5.86. The second-order valence-electron chi connectivity index (χ2n) is 7.55. The summed E-state index contributed by atoms with van der Waals surface area (Å²) in [4.78, 5) is 12.4. The number of amides is 1. The summed E-state index contributed by atoms with van der Waals surface area (Å²) in [5, 5.41) is 4.14. The van der Waals surface area contributed by atoms with Gasteiger partial charge in [-0.15, -0.1) is 0 Å². The lowest BCUT2D eigenvalue weighted by Gasteiger charge is -2.24. The molecule has 6 heteroatoms. The van der Waals surface area contributed by atoms with Crippen molar-refractivity contribution < 1.29 is 14.3 Å². The van der Waals surface area contributed by atoms with Gasteiger partial charge in [0.1, 0.15) is 6.61 Å². The summed E-state index contributed by atoms with van der Waals surface area (Å²) >= 11 is 0. The van der Waals surface area contributed by atoms with Crippen LogP contribution in [-0.2, 0) is 4.79 Å². The van der Waals surface area contributed by atoms with E-state index < -0.39 is 6.10 Å². The van der Waals surface area contributed by atoms with Crippen LogP contribution in [0.4, 0.5) is 0 Å². The lowest BCUT2D eigenvalue weighted by molar-refractivity contribution is -0.130. The highest BCUT2D eigenvalue weighted by Crippen LogP contribution is 2.30. The Kier molecular flexibility index (Phi) is 5.31. The summed E-state index contributed by atoms with van der Waals surface area (Å²) in [6.07, 6.45) is 0.928. The number of carbonyl (C=O) groups is 1. The van der Waals surface area contributed by atoms with E-state index in [0.717, 1.165) is 22.6 Å². The lowest BCUT2D eigenvalue weighted by atomic mass is 10.1. The Morgan fingerprint density at radius 1 is 1.10 bits per heavy atom. The molecule has 2 aromatic carbocycles. The molecule has 3 aromatic rings. The van der Waals surface area contributed by atoms with Gasteiger partial charge in [0.25, 0.3) is 5.91 Å². The van der Waals surface area contributed by atoms with E-state index in [-0.39, 0.29) is 12.5 Å². The molecule has 1 amide bonds. The van der Waals surface area contributed by atoms with Crippen LogP contribution in [-0.4, -0.2) is 29.4 Å². The highest BCUT2D eigenvalue weighted by Gasteiger charge is 2.27. The normalized spacial score (nSPS) is 15.4.